The van der Waals surface area contributed by atoms with Gasteiger partial charge in [0.2, 0.25) is 0 Å². The van der Waals surface area contributed by atoms with Gasteiger partial charge in [-0.2, -0.15) is 0 Å². The highest BCUT2D eigenvalue weighted by molar-refractivity contribution is 6.23. The number of allylic oxidation sites excluding steroid dienone is 1. The molecular formula is C26H33ClO10. The van der Waals surface area contributed by atoms with Crippen LogP contribution in [0.3, 0.4) is 0 Å². The van der Waals surface area contributed by atoms with E-state index in [0.717, 1.165) is 0 Å². The number of carbonyl (C=O) groups is 4. The van der Waals surface area contributed by atoms with Crippen LogP contribution < -0.4 is 0 Å². The lowest BCUT2D eigenvalue weighted by Gasteiger charge is -2.56. The third-order valence-electron chi connectivity index (χ3n) is 8.39. The van der Waals surface area contributed by atoms with Crippen molar-refractivity contribution in [3.05, 3.63) is 24.3 Å². The van der Waals surface area contributed by atoms with Crippen molar-refractivity contribution in [3.63, 3.8) is 0 Å². The van der Waals surface area contributed by atoms with Crippen molar-refractivity contribution < 1.29 is 48.0 Å². The lowest BCUT2D eigenvalue weighted by molar-refractivity contribution is -0.238. The van der Waals surface area contributed by atoms with Crippen LogP contribution in [-0.4, -0.2) is 76.6 Å². The highest BCUT2D eigenvalue weighted by Gasteiger charge is 2.75. The van der Waals surface area contributed by atoms with Crippen LogP contribution >= 0.6 is 11.6 Å². The Morgan fingerprint density at radius 1 is 1.14 bits per heavy atom. The maximum Gasteiger partial charge on any atom is 0.312 e. The van der Waals surface area contributed by atoms with E-state index in [-0.39, 0.29) is 12.2 Å². The SMILES string of the molecule is C=C1/C=C/[C@H](OC(C)=O)[C@@]2(C)[C@@H](OC(C)=O)CC[C@]3(CO3)[C@@H]2C(OC(C)=O)[C@]2(O)[C@@H](C)C(=O)O[C@H]2[C@H]1Cl. The van der Waals surface area contributed by atoms with Crippen LogP contribution in [0.1, 0.15) is 47.5 Å². The van der Waals surface area contributed by atoms with Crippen LogP contribution in [0.2, 0.25) is 0 Å². The second-order valence-electron chi connectivity index (χ2n) is 10.7. The van der Waals surface area contributed by atoms with Crippen molar-refractivity contribution in [1.82, 2.24) is 0 Å². The molecule has 0 aromatic heterocycles. The minimum absolute atomic E-state index is 0.259. The van der Waals surface area contributed by atoms with Gasteiger partial charge in [0.05, 0.1) is 28.9 Å². The highest BCUT2D eigenvalue weighted by Crippen LogP contribution is 2.62. The summed E-state index contributed by atoms with van der Waals surface area (Å²) in [7, 11) is 0. The summed E-state index contributed by atoms with van der Waals surface area (Å²) in [5.74, 6) is -4.66. The van der Waals surface area contributed by atoms with E-state index in [1.165, 1.54) is 33.8 Å². The van der Waals surface area contributed by atoms with Crippen molar-refractivity contribution in [2.75, 3.05) is 6.61 Å². The fraction of sp³-hybridized carbons (Fsp3) is 0.692. The van der Waals surface area contributed by atoms with Crippen LogP contribution in [0.5, 0.6) is 0 Å². The van der Waals surface area contributed by atoms with E-state index in [2.05, 4.69) is 6.58 Å². The van der Waals surface area contributed by atoms with Gasteiger partial charge >= 0.3 is 23.9 Å². The van der Waals surface area contributed by atoms with E-state index in [4.69, 9.17) is 35.3 Å². The molecule has 11 heteroatoms. The highest BCUT2D eigenvalue weighted by atomic mass is 35.5. The molecule has 3 fully saturated rings. The third kappa shape index (κ3) is 4.36. The number of halogens is 1. The van der Waals surface area contributed by atoms with Gasteiger partial charge in [-0.05, 0) is 31.4 Å². The lowest BCUT2D eigenvalue weighted by atomic mass is 9.53. The molecule has 4 rings (SSSR count). The van der Waals surface area contributed by atoms with Crippen LogP contribution in [0.25, 0.3) is 0 Å². The zero-order valence-electron chi connectivity index (χ0n) is 21.5. The van der Waals surface area contributed by atoms with Crippen LogP contribution in [0, 0.1) is 17.3 Å². The molecule has 1 N–H and O–H groups in total. The average molecular weight is 541 g/mol. The molecule has 1 spiro atoms. The van der Waals surface area contributed by atoms with Gasteiger partial charge in [0.25, 0.3) is 0 Å². The first-order chi connectivity index (χ1) is 17.2. The number of hydrogen-bond donors (Lipinski definition) is 1. The molecule has 2 aliphatic carbocycles. The van der Waals surface area contributed by atoms with Crippen molar-refractivity contribution in [3.8, 4) is 0 Å². The molecule has 0 radical (unpaired) electrons. The zero-order valence-corrected chi connectivity index (χ0v) is 22.3. The molecule has 1 saturated carbocycles. The standard InChI is InChI=1S/C26H33ClO10/c1-12-7-8-17(34-14(3)28)24(6)18(35-15(4)29)9-10-25(11-33-25)20(24)22(36-16(5)30)26(32)13(2)23(31)37-21(26)19(12)27/h7-8,13,17-22,32H,1,9-11H2,2-6H3/b8-7+/t13-,17-,18-,19-,20+,21-,22?,24-,25-,26-/m0/s1. The Bertz CT molecular complexity index is 1050. The number of epoxide rings is 1. The van der Waals surface area contributed by atoms with Crippen molar-refractivity contribution >= 4 is 35.5 Å². The number of alkyl halides is 1. The van der Waals surface area contributed by atoms with Crippen LogP contribution in [0.4, 0.5) is 0 Å². The Kier molecular flexibility index (Phi) is 7.01. The molecule has 37 heavy (non-hydrogen) atoms. The Balaban J connectivity index is 2.04. The maximum absolute atomic E-state index is 12.9. The summed E-state index contributed by atoms with van der Waals surface area (Å²) in [5, 5.41) is 11.3. The van der Waals surface area contributed by atoms with E-state index < -0.39 is 82.1 Å². The smallest absolute Gasteiger partial charge is 0.312 e. The minimum Gasteiger partial charge on any atom is -0.462 e. The molecule has 0 aromatic rings. The topological polar surface area (TPSA) is 138 Å². The van der Waals surface area contributed by atoms with Crippen LogP contribution in [-0.2, 0) is 42.9 Å². The van der Waals surface area contributed by atoms with Gasteiger partial charge in [0, 0.05) is 26.7 Å². The summed E-state index contributed by atoms with van der Waals surface area (Å²) in [6, 6.07) is 0. The van der Waals surface area contributed by atoms with Gasteiger partial charge in [-0.1, -0.05) is 19.6 Å². The molecule has 2 aliphatic heterocycles. The molecule has 1 unspecified atom stereocenters. The van der Waals surface area contributed by atoms with Crippen molar-refractivity contribution in [2.24, 2.45) is 17.3 Å². The molecule has 4 aliphatic rings. The second kappa shape index (κ2) is 9.39. The fourth-order valence-corrected chi connectivity index (χ4v) is 6.82. The summed E-state index contributed by atoms with van der Waals surface area (Å²) in [4.78, 5) is 49.9. The van der Waals surface area contributed by atoms with Crippen molar-refractivity contribution in [1.29, 1.82) is 0 Å². The van der Waals surface area contributed by atoms with E-state index in [0.29, 0.717) is 12.8 Å². The number of hydrogen-bond acceptors (Lipinski definition) is 10. The van der Waals surface area contributed by atoms with Gasteiger partial charge in [-0.3, -0.25) is 19.2 Å². The Morgan fingerprint density at radius 3 is 2.27 bits per heavy atom. The van der Waals surface area contributed by atoms with E-state index >= 15 is 0 Å². The Hall–Kier alpha value is -2.43. The number of carbonyl (C=O) groups excluding carboxylic acids is 4. The number of rotatable bonds is 3. The molecule has 2 heterocycles. The summed E-state index contributed by atoms with van der Waals surface area (Å²) < 4.78 is 29.0. The number of ether oxygens (including phenoxy) is 5. The number of fused-ring (bicyclic) bond motifs is 3. The summed E-state index contributed by atoms with van der Waals surface area (Å²) >= 11 is 6.70. The predicted molar refractivity (Wildman–Crippen MR) is 128 cm³/mol. The largest absolute Gasteiger partial charge is 0.462 e. The summed E-state index contributed by atoms with van der Waals surface area (Å²) in [6.07, 6.45) is -0.716. The summed E-state index contributed by atoms with van der Waals surface area (Å²) in [6.45, 7) is 11.1. The number of aliphatic hydroxyl groups is 1. The molecule has 2 saturated heterocycles. The van der Waals surface area contributed by atoms with Gasteiger partial charge < -0.3 is 28.8 Å². The molecule has 0 aromatic carbocycles. The zero-order chi connectivity index (χ0) is 27.5. The Morgan fingerprint density at radius 2 is 1.73 bits per heavy atom. The van der Waals surface area contributed by atoms with Crippen LogP contribution in [0.15, 0.2) is 24.3 Å². The number of esters is 4. The molecule has 0 bridgehead atoms. The fourth-order valence-electron chi connectivity index (χ4n) is 6.49. The van der Waals surface area contributed by atoms with Gasteiger partial charge in [0.1, 0.15) is 18.3 Å². The van der Waals surface area contributed by atoms with Gasteiger partial charge in [-0.25, -0.2) is 0 Å². The quantitative estimate of drug-likeness (QED) is 0.245. The average Bonchev–Trinajstić information content (AvgIpc) is 3.53. The molecule has 10 atom stereocenters. The molecule has 10 nitrogen and oxygen atoms in total. The molecule has 204 valence electrons. The van der Waals surface area contributed by atoms with E-state index in [1.54, 1.807) is 13.0 Å². The third-order valence-corrected chi connectivity index (χ3v) is 8.90. The van der Waals surface area contributed by atoms with Crippen molar-refractivity contribution in [2.45, 2.75) is 88.5 Å². The van der Waals surface area contributed by atoms with Gasteiger partial charge in [0.15, 0.2) is 11.7 Å². The molecule has 0 amide bonds. The first-order valence-electron chi connectivity index (χ1n) is 12.3. The molecular weight excluding hydrogens is 508 g/mol. The summed E-state index contributed by atoms with van der Waals surface area (Å²) in [5.41, 5.74) is -4.05. The van der Waals surface area contributed by atoms with Gasteiger partial charge in [-0.15, -0.1) is 11.6 Å². The normalized spacial score (nSPS) is 45.6. The lowest BCUT2D eigenvalue weighted by Crippen LogP contribution is -2.70. The van der Waals surface area contributed by atoms with E-state index in [1.807, 2.05) is 0 Å². The maximum atomic E-state index is 12.9. The van der Waals surface area contributed by atoms with E-state index in [9.17, 15) is 24.3 Å². The minimum atomic E-state index is -2.12. The second-order valence-corrected chi connectivity index (χ2v) is 11.2. The first kappa shape index (κ1) is 27.6. The monoisotopic (exact) mass is 540 g/mol. The first-order valence-corrected chi connectivity index (χ1v) is 12.7. The Labute approximate surface area is 220 Å². The predicted octanol–water partition coefficient (Wildman–Crippen LogP) is 1.99.